The second-order valence-electron chi connectivity index (χ2n) is 3.55. The molecule has 1 fully saturated rings. The number of hydrogen-bond donors (Lipinski definition) is 0. The molecule has 1 aliphatic carbocycles. The Hall–Kier alpha value is -1.12. The molecule has 0 bridgehead atoms. The largest absolute Gasteiger partial charge is 0.300 e. The Morgan fingerprint density at radius 2 is 2.54 bits per heavy atom. The fourth-order valence-electron chi connectivity index (χ4n) is 2.02. The van der Waals surface area contributed by atoms with Gasteiger partial charge < -0.3 is 0 Å². The number of Topliss-reactive ketones (excluding diaryl/α,β-unsaturated/α-hetero) is 1. The minimum atomic E-state index is 0.397. The van der Waals surface area contributed by atoms with Crippen molar-refractivity contribution in [1.82, 2.24) is 9.78 Å². The van der Waals surface area contributed by atoms with Gasteiger partial charge in [0.1, 0.15) is 5.78 Å². The number of carbonyl (C=O) groups excluding carboxylic acids is 1. The van der Waals surface area contributed by atoms with Gasteiger partial charge in [-0.2, -0.15) is 5.10 Å². The zero-order valence-electron chi connectivity index (χ0n) is 7.86. The Labute approximate surface area is 77.7 Å². The summed E-state index contributed by atoms with van der Waals surface area (Å²) in [6.45, 7) is 2.97. The van der Waals surface area contributed by atoms with E-state index in [4.69, 9.17) is 0 Å². The van der Waals surface area contributed by atoms with Gasteiger partial charge in [0.15, 0.2) is 0 Å². The van der Waals surface area contributed by atoms with Crippen molar-refractivity contribution in [3.8, 4) is 0 Å². The first-order valence-corrected chi connectivity index (χ1v) is 4.84. The Bertz CT molecular complexity index is 316. The number of aryl methyl sites for hydroxylation is 1. The van der Waals surface area contributed by atoms with Gasteiger partial charge >= 0.3 is 0 Å². The predicted octanol–water partition coefficient (Wildman–Crippen LogP) is 1.74. The molecule has 0 spiro atoms. The lowest BCUT2D eigenvalue weighted by Gasteiger charge is -2.09. The van der Waals surface area contributed by atoms with Crippen LogP contribution in [0.3, 0.4) is 0 Å². The summed E-state index contributed by atoms with van der Waals surface area (Å²) < 4.78 is 1.99. The molecule has 1 atom stereocenters. The van der Waals surface area contributed by atoms with Gasteiger partial charge in [-0.15, -0.1) is 0 Å². The van der Waals surface area contributed by atoms with Crippen LogP contribution in [0.25, 0.3) is 0 Å². The zero-order valence-corrected chi connectivity index (χ0v) is 7.86. The number of nitrogens with zero attached hydrogens (tertiary/aromatic N) is 2. The SMILES string of the molecule is CCn1nccc1C1CCC(=O)C1. The van der Waals surface area contributed by atoms with Crippen molar-refractivity contribution in [1.29, 1.82) is 0 Å². The van der Waals surface area contributed by atoms with Crippen molar-refractivity contribution >= 4 is 5.78 Å². The van der Waals surface area contributed by atoms with E-state index in [0.29, 0.717) is 18.1 Å². The van der Waals surface area contributed by atoms with Crippen LogP contribution < -0.4 is 0 Å². The van der Waals surface area contributed by atoms with Gasteiger partial charge in [0.05, 0.1) is 0 Å². The smallest absolute Gasteiger partial charge is 0.133 e. The van der Waals surface area contributed by atoms with Gasteiger partial charge in [0, 0.05) is 37.2 Å². The Balaban J connectivity index is 2.20. The molecule has 1 heterocycles. The highest BCUT2D eigenvalue weighted by molar-refractivity contribution is 5.81. The number of hydrogen-bond acceptors (Lipinski definition) is 2. The lowest BCUT2D eigenvalue weighted by molar-refractivity contribution is -0.117. The summed E-state index contributed by atoms with van der Waals surface area (Å²) in [5.74, 6) is 0.823. The molecule has 1 aliphatic rings. The minimum absolute atomic E-state index is 0.397. The summed E-state index contributed by atoms with van der Waals surface area (Å²) in [5.41, 5.74) is 1.23. The molecule has 0 N–H and O–H groups in total. The van der Waals surface area contributed by atoms with Crippen molar-refractivity contribution in [2.24, 2.45) is 0 Å². The third-order valence-electron chi connectivity index (χ3n) is 2.71. The highest BCUT2D eigenvalue weighted by Gasteiger charge is 2.25. The summed E-state index contributed by atoms with van der Waals surface area (Å²) in [7, 11) is 0. The van der Waals surface area contributed by atoms with Crippen LogP contribution in [0.15, 0.2) is 12.3 Å². The Morgan fingerprint density at radius 3 is 3.15 bits per heavy atom. The van der Waals surface area contributed by atoms with E-state index in [1.54, 1.807) is 0 Å². The van der Waals surface area contributed by atoms with E-state index in [1.165, 1.54) is 5.69 Å². The summed E-state index contributed by atoms with van der Waals surface area (Å²) in [5, 5.41) is 4.21. The highest BCUT2D eigenvalue weighted by atomic mass is 16.1. The van der Waals surface area contributed by atoms with Gasteiger partial charge in [-0.1, -0.05) is 0 Å². The lowest BCUT2D eigenvalue weighted by atomic mass is 10.0. The van der Waals surface area contributed by atoms with E-state index in [9.17, 15) is 4.79 Å². The van der Waals surface area contributed by atoms with Gasteiger partial charge in [0.2, 0.25) is 0 Å². The molecule has 0 aromatic carbocycles. The van der Waals surface area contributed by atoms with Gasteiger partial charge in [0.25, 0.3) is 0 Å². The van der Waals surface area contributed by atoms with Crippen molar-refractivity contribution < 1.29 is 4.79 Å². The first-order valence-electron chi connectivity index (χ1n) is 4.84. The van der Waals surface area contributed by atoms with Crippen molar-refractivity contribution in [3.05, 3.63) is 18.0 Å². The standard InChI is InChI=1S/C10H14N2O/c1-2-12-10(5-6-11-12)8-3-4-9(13)7-8/h5-6,8H,2-4,7H2,1H3. The molecule has 0 radical (unpaired) electrons. The Morgan fingerprint density at radius 1 is 1.69 bits per heavy atom. The van der Waals surface area contributed by atoms with Crippen LogP contribution in [0, 0.1) is 0 Å². The van der Waals surface area contributed by atoms with Gasteiger partial charge in [-0.3, -0.25) is 9.48 Å². The predicted molar refractivity (Wildman–Crippen MR) is 49.5 cm³/mol. The molecular formula is C10H14N2O. The molecular weight excluding hydrogens is 164 g/mol. The second kappa shape index (κ2) is 3.32. The van der Waals surface area contributed by atoms with Gasteiger partial charge in [-0.25, -0.2) is 0 Å². The maximum atomic E-state index is 11.1. The van der Waals surface area contributed by atoms with E-state index >= 15 is 0 Å². The number of aromatic nitrogens is 2. The van der Waals surface area contributed by atoms with Crippen molar-refractivity contribution in [3.63, 3.8) is 0 Å². The van der Waals surface area contributed by atoms with Crippen LogP contribution in [0.5, 0.6) is 0 Å². The maximum absolute atomic E-state index is 11.1. The third-order valence-corrected chi connectivity index (χ3v) is 2.71. The van der Waals surface area contributed by atoms with Crippen LogP contribution in [-0.2, 0) is 11.3 Å². The monoisotopic (exact) mass is 178 g/mol. The topological polar surface area (TPSA) is 34.9 Å². The van der Waals surface area contributed by atoms with Crippen LogP contribution in [-0.4, -0.2) is 15.6 Å². The van der Waals surface area contributed by atoms with E-state index in [0.717, 1.165) is 19.4 Å². The number of rotatable bonds is 2. The Kier molecular flexibility index (Phi) is 2.17. The lowest BCUT2D eigenvalue weighted by Crippen LogP contribution is -2.06. The van der Waals surface area contributed by atoms with Crippen molar-refractivity contribution in [2.75, 3.05) is 0 Å². The molecule has 1 unspecified atom stereocenters. The third kappa shape index (κ3) is 1.50. The molecule has 1 saturated carbocycles. The highest BCUT2D eigenvalue weighted by Crippen LogP contribution is 2.31. The molecule has 3 nitrogen and oxygen atoms in total. The molecule has 0 saturated heterocycles. The molecule has 1 aromatic heterocycles. The van der Waals surface area contributed by atoms with Crippen LogP contribution in [0.1, 0.15) is 37.8 Å². The van der Waals surface area contributed by atoms with Crippen LogP contribution >= 0.6 is 0 Å². The first kappa shape index (κ1) is 8.48. The fraction of sp³-hybridized carbons (Fsp3) is 0.600. The second-order valence-corrected chi connectivity index (χ2v) is 3.55. The molecule has 13 heavy (non-hydrogen) atoms. The normalized spacial score (nSPS) is 22.5. The number of ketones is 1. The average molecular weight is 178 g/mol. The zero-order chi connectivity index (χ0) is 9.26. The van der Waals surface area contributed by atoms with Crippen LogP contribution in [0.2, 0.25) is 0 Å². The van der Waals surface area contributed by atoms with Gasteiger partial charge in [-0.05, 0) is 19.4 Å². The molecule has 70 valence electrons. The molecule has 3 heteroatoms. The van der Waals surface area contributed by atoms with E-state index in [-0.39, 0.29) is 0 Å². The van der Waals surface area contributed by atoms with Crippen LogP contribution in [0.4, 0.5) is 0 Å². The van der Waals surface area contributed by atoms with Crippen molar-refractivity contribution in [2.45, 2.75) is 38.6 Å². The quantitative estimate of drug-likeness (QED) is 0.691. The van der Waals surface area contributed by atoms with E-state index in [1.807, 2.05) is 16.9 Å². The number of carbonyl (C=O) groups is 1. The first-order chi connectivity index (χ1) is 6.31. The summed E-state index contributed by atoms with van der Waals surface area (Å²) in [6, 6.07) is 2.03. The molecule has 2 rings (SSSR count). The maximum Gasteiger partial charge on any atom is 0.133 e. The van der Waals surface area contributed by atoms with E-state index in [2.05, 4.69) is 12.0 Å². The average Bonchev–Trinajstić information content (AvgIpc) is 2.71. The molecule has 1 aromatic rings. The molecule has 0 amide bonds. The minimum Gasteiger partial charge on any atom is -0.300 e. The van der Waals surface area contributed by atoms with E-state index < -0.39 is 0 Å². The fourth-order valence-corrected chi connectivity index (χ4v) is 2.02. The summed E-state index contributed by atoms with van der Waals surface area (Å²) in [4.78, 5) is 11.1. The summed E-state index contributed by atoms with van der Waals surface area (Å²) in [6.07, 6.45) is 4.29. The molecule has 0 aliphatic heterocycles. The summed E-state index contributed by atoms with van der Waals surface area (Å²) >= 11 is 0.